The van der Waals surface area contributed by atoms with Gasteiger partial charge in [-0.2, -0.15) is 0 Å². The molecule has 5 heteroatoms. The molecule has 0 aliphatic heterocycles. The van der Waals surface area contributed by atoms with Crippen LogP contribution in [0.15, 0.2) is 42.5 Å². The number of rotatable bonds is 5. The zero-order valence-corrected chi connectivity index (χ0v) is 14.4. The van der Waals surface area contributed by atoms with Crippen LogP contribution in [0.5, 0.6) is 0 Å². The van der Waals surface area contributed by atoms with Crippen molar-refractivity contribution in [3.63, 3.8) is 0 Å². The number of benzene rings is 2. The van der Waals surface area contributed by atoms with E-state index in [4.69, 9.17) is 11.6 Å². The molecule has 0 spiro atoms. The first kappa shape index (κ1) is 17.9. The lowest BCUT2D eigenvalue weighted by Gasteiger charge is -2.15. The summed E-state index contributed by atoms with van der Waals surface area (Å²) in [5.41, 5.74) is 3.20. The largest absolute Gasteiger partial charge is 0.392 e. The highest BCUT2D eigenvalue weighted by atomic mass is 35.5. The van der Waals surface area contributed by atoms with Gasteiger partial charge in [0.25, 0.3) is 0 Å². The first-order valence-electron chi connectivity index (χ1n) is 7.34. The van der Waals surface area contributed by atoms with Gasteiger partial charge in [0.15, 0.2) is 5.78 Å². The SMILES string of the molecule is Cc1c(C(=O)OC=O)cccc1-c1ccc(C(=O)C(C)(C)Cl)cc1. The number of hydrogen-bond acceptors (Lipinski definition) is 4. The van der Waals surface area contributed by atoms with Crippen molar-refractivity contribution >= 4 is 29.8 Å². The van der Waals surface area contributed by atoms with Gasteiger partial charge < -0.3 is 4.74 Å². The number of ether oxygens (including phenoxy) is 1. The molecule has 0 saturated carbocycles. The van der Waals surface area contributed by atoms with E-state index in [1.807, 2.05) is 6.07 Å². The molecule has 24 heavy (non-hydrogen) atoms. The lowest BCUT2D eigenvalue weighted by molar-refractivity contribution is -0.123. The Morgan fingerprint density at radius 3 is 2.25 bits per heavy atom. The van der Waals surface area contributed by atoms with Crippen molar-refractivity contribution < 1.29 is 19.1 Å². The van der Waals surface area contributed by atoms with Crippen molar-refractivity contribution in [2.45, 2.75) is 25.6 Å². The summed E-state index contributed by atoms with van der Waals surface area (Å²) >= 11 is 6.06. The zero-order valence-electron chi connectivity index (χ0n) is 13.6. The molecule has 2 aromatic rings. The van der Waals surface area contributed by atoms with Crippen molar-refractivity contribution in [2.24, 2.45) is 0 Å². The minimum absolute atomic E-state index is 0.114. The second kappa shape index (κ2) is 6.97. The van der Waals surface area contributed by atoms with Crippen LogP contribution in [0.25, 0.3) is 11.1 Å². The minimum Gasteiger partial charge on any atom is -0.392 e. The molecular formula is C19H17ClO4. The van der Waals surface area contributed by atoms with Gasteiger partial charge in [0.1, 0.15) is 4.87 Å². The fourth-order valence-corrected chi connectivity index (χ4v) is 2.53. The molecule has 0 unspecified atom stereocenters. The van der Waals surface area contributed by atoms with Gasteiger partial charge in [-0.15, -0.1) is 11.6 Å². The second-order valence-corrected chi connectivity index (χ2v) is 6.80. The van der Waals surface area contributed by atoms with Crippen LogP contribution >= 0.6 is 11.6 Å². The van der Waals surface area contributed by atoms with Crippen molar-refractivity contribution in [1.82, 2.24) is 0 Å². The summed E-state index contributed by atoms with van der Waals surface area (Å²) in [5, 5.41) is 0. The van der Waals surface area contributed by atoms with Crippen LogP contribution in [0, 0.1) is 6.92 Å². The highest BCUT2D eigenvalue weighted by Crippen LogP contribution is 2.28. The monoisotopic (exact) mass is 344 g/mol. The summed E-state index contributed by atoms with van der Waals surface area (Å²) < 4.78 is 4.41. The molecule has 0 heterocycles. The Bertz CT molecular complexity index is 786. The smallest absolute Gasteiger partial charge is 0.345 e. The predicted molar refractivity (Wildman–Crippen MR) is 92.4 cm³/mol. The standard InChI is InChI=1S/C19H17ClO4/c1-12-15(5-4-6-16(12)18(23)24-11-21)13-7-9-14(10-8-13)17(22)19(2,3)20/h4-11H,1-3H3. The van der Waals surface area contributed by atoms with Crippen LogP contribution in [-0.2, 0) is 9.53 Å². The highest BCUT2D eigenvalue weighted by Gasteiger charge is 2.25. The second-order valence-electron chi connectivity index (χ2n) is 5.86. The van der Waals surface area contributed by atoms with E-state index in [1.165, 1.54) is 0 Å². The van der Waals surface area contributed by atoms with E-state index in [1.54, 1.807) is 57.2 Å². The molecule has 0 atom stereocenters. The van der Waals surface area contributed by atoms with Crippen molar-refractivity contribution in [2.75, 3.05) is 0 Å². The van der Waals surface area contributed by atoms with Crippen molar-refractivity contribution in [1.29, 1.82) is 0 Å². The summed E-state index contributed by atoms with van der Waals surface area (Å²) in [4.78, 5) is 33.3. The van der Waals surface area contributed by atoms with Crippen LogP contribution in [0.1, 0.15) is 40.1 Å². The van der Waals surface area contributed by atoms with Gasteiger partial charge in [0, 0.05) is 5.56 Å². The molecule has 2 rings (SSSR count). The van der Waals surface area contributed by atoms with Gasteiger partial charge >= 0.3 is 12.4 Å². The van der Waals surface area contributed by atoms with E-state index in [9.17, 15) is 14.4 Å². The molecule has 0 radical (unpaired) electrons. The number of esters is 1. The molecule has 0 amide bonds. The molecule has 0 aliphatic carbocycles. The predicted octanol–water partition coefficient (Wildman–Crippen LogP) is 4.18. The molecule has 0 N–H and O–H groups in total. The Labute approximate surface area is 145 Å². The number of ketones is 1. The van der Waals surface area contributed by atoms with Crippen LogP contribution in [0.2, 0.25) is 0 Å². The highest BCUT2D eigenvalue weighted by molar-refractivity contribution is 6.37. The van der Waals surface area contributed by atoms with Gasteiger partial charge in [0.2, 0.25) is 0 Å². The number of hydrogen-bond donors (Lipinski definition) is 0. The Kier molecular flexibility index (Phi) is 5.20. The maximum absolute atomic E-state index is 12.2. The summed E-state index contributed by atoms with van der Waals surface area (Å²) in [6.07, 6.45) is 0. The summed E-state index contributed by atoms with van der Waals surface area (Å²) in [6.45, 7) is 5.19. The number of halogens is 1. The third-order valence-electron chi connectivity index (χ3n) is 3.71. The molecule has 0 aromatic heterocycles. The van der Waals surface area contributed by atoms with Gasteiger partial charge in [-0.25, -0.2) is 4.79 Å². The normalized spacial score (nSPS) is 11.0. The summed E-state index contributed by atoms with van der Waals surface area (Å²) in [5.74, 6) is -0.851. The number of alkyl halides is 1. The third kappa shape index (κ3) is 3.71. The Morgan fingerprint density at radius 1 is 1.08 bits per heavy atom. The molecule has 0 saturated heterocycles. The lowest BCUT2D eigenvalue weighted by Crippen LogP contribution is -2.24. The maximum Gasteiger partial charge on any atom is 0.345 e. The molecule has 4 nitrogen and oxygen atoms in total. The molecule has 0 bridgehead atoms. The van der Waals surface area contributed by atoms with E-state index >= 15 is 0 Å². The third-order valence-corrected chi connectivity index (χ3v) is 3.88. The van der Waals surface area contributed by atoms with Crippen LogP contribution in [0.3, 0.4) is 0 Å². The van der Waals surface area contributed by atoms with E-state index in [-0.39, 0.29) is 12.3 Å². The molecule has 124 valence electrons. The fourth-order valence-electron chi connectivity index (χ4n) is 2.42. The number of Topliss-reactive ketones (excluding diaryl/α,β-unsaturated/α-hetero) is 1. The fraction of sp³-hybridized carbons (Fsp3) is 0.211. The average molecular weight is 345 g/mol. The first-order valence-corrected chi connectivity index (χ1v) is 7.72. The lowest BCUT2D eigenvalue weighted by atomic mass is 9.94. The van der Waals surface area contributed by atoms with E-state index in [0.29, 0.717) is 16.7 Å². The minimum atomic E-state index is -0.962. The van der Waals surface area contributed by atoms with Gasteiger partial charge in [-0.1, -0.05) is 36.4 Å². The summed E-state index contributed by atoms with van der Waals surface area (Å²) in [6, 6.07) is 12.2. The Balaban J connectivity index is 2.40. The number of carbonyl (C=O) groups is 3. The summed E-state index contributed by atoms with van der Waals surface area (Å²) in [7, 11) is 0. The van der Waals surface area contributed by atoms with E-state index in [0.717, 1.165) is 11.1 Å². The van der Waals surface area contributed by atoms with Gasteiger partial charge in [-0.05, 0) is 43.5 Å². The van der Waals surface area contributed by atoms with Crippen molar-refractivity contribution in [3.8, 4) is 11.1 Å². The number of carbonyl (C=O) groups excluding carboxylic acids is 3. The van der Waals surface area contributed by atoms with Crippen LogP contribution in [-0.4, -0.2) is 23.1 Å². The van der Waals surface area contributed by atoms with Crippen molar-refractivity contribution in [3.05, 3.63) is 59.2 Å². The molecule has 0 fully saturated rings. The Hall–Kier alpha value is -2.46. The van der Waals surface area contributed by atoms with E-state index in [2.05, 4.69) is 4.74 Å². The molecule has 0 aliphatic rings. The molecule has 2 aromatic carbocycles. The average Bonchev–Trinajstić information content (AvgIpc) is 2.54. The van der Waals surface area contributed by atoms with Crippen LogP contribution in [0.4, 0.5) is 0 Å². The van der Waals surface area contributed by atoms with Crippen LogP contribution < -0.4 is 0 Å². The molecular weight excluding hydrogens is 328 g/mol. The van der Waals surface area contributed by atoms with Gasteiger partial charge in [0.05, 0.1) is 5.56 Å². The first-order chi connectivity index (χ1) is 11.3. The van der Waals surface area contributed by atoms with E-state index < -0.39 is 10.8 Å². The zero-order chi connectivity index (χ0) is 17.9. The maximum atomic E-state index is 12.2. The Morgan fingerprint density at radius 2 is 1.71 bits per heavy atom. The quantitative estimate of drug-likeness (QED) is 0.268. The topological polar surface area (TPSA) is 60.4 Å². The van der Waals surface area contributed by atoms with Gasteiger partial charge in [-0.3, -0.25) is 9.59 Å².